The van der Waals surface area contributed by atoms with Gasteiger partial charge in [0.25, 0.3) is 0 Å². The van der Waals surface area contributed by atoms with Crippen LogP contribution in [0.1, 0.15) is 31.5 Å². The minimum atomic E-state index is -1.62. The molecule has 0 spiro atoms. The second-order valence-corrected chi connectivity index (χ2v) is 7.29. The van der Waals surface area contributed by atoms with Crippen molar-refractivity contribution in [1.29, 1.82) is 0 Å². The van der Waals surface area contributed by atoms with E-state index in [0.29, 0.717) is 17.6 Å². The van der Waals surface area contributed by atoms with Crippen LogP contribution in [0.5, 0.6) is 0 Å². The Morgan fingerprint density at radius 1 is 1.38 bits per heavy atom. The molecule has 5 nitrogen and oxygen atoms in total. The first-order chi connectivity index (χ1) is 12.4. The number of halogens is 3. The fourth-order valence-corrected chi connectivity index (χ4v) is 3.27. The van der Waals surface area contributed by atoms with Crippen LogP contribution in [0.3, 0.4) is 0 Å². The number of carbonyl (C=O) groups is 1. The first-order valence-corrected chi connectivity index (χ1v) is 8.95. The zero-order chi connectivity index (χ0) is 18.8. The van der Waals surface area contributed by atoms with E-state index in [0.717, 1.165) is 42.6 Å². The van der Waals surface area contributed by atoms with Gasteiger partial charge in [-0.3, -0.25) is 4.79 Å². The third-order valence-electron chi connectivity index (χ3n) is 3.94. The van der Waals surface area contributed by atoms with Gasteiger partial charge < -0.3 is 9.88 Å². The summed E-state index contributed by atoms with van der Waals surface area (Å²) in [7, 11) is 0. The number of anilines is 1. The van der Waals surface area contributed by atoms with E-state index in [2.05, 4.69) is 22.1 Å². The third kappa shape index (κ3) is 3.77. The number of benzene rings is 1. The molecule has 1 aromatic heterocycles. The van der Waals surface area contributed by atoms with Crippen LogP contribution in [0, 0.1) is 17.5 Å². The van der Waals surface area contributed by atoms with Crippen LogP contribution in [0.4, 0.5) is 18.9 Å². The second-order valence-electron chi connectivity index (χ2n) is 5.99. The number of allylic oxidation sites excluding steroid dienone is 1. The maximum Gasteiger partial charge on any atom is 0.237 e. The molecule has 1 aromatic carbocycles. The highest BCUT2D eigenvalue weighted by Gasteiger charge is 2.31. The molecule has 1 atom stereocenters. The van der Waals surface area contributed by atoms with Crippen LogP contribution in [-0.2, 0) is 11.3 Å². The summed E-state index contributed by atoms with van der Waals surface area (Å²) in [4.78, 5) is 12.3. The molecule has 0 radical (unpaired) electrons. The minimum Gasteiger partial charge on any atom is -0.323 e. The Labute approximate surface area is 152 Å². The van der Waals surface area contributed by atoms with Crippen LogP contribution in [0.15, 0.2) is 29.9 Å². The van der Waals surface area contributed by atoms with Gasteiger partial charge in [-0.15, -0.1) is 16.8 Å². The van der Waals surface area contributed by atoms with Gasteiger partial charge in [-0.05, 0) is 31.9 Å². The van der Waals surface area contributed by atoms with Gasteiger partial charge in [-0.25, -0.2) is 13.2 Å². The summed E-state index contributed by atoms with van der Waals surface area (Å²) >= 11 is 1.16. The van der Waals surface area contributed by atoms with Crippen LogP contribution < -0.4 is 5.32 Å². The average Bonchev–Trinajstić information content (AvgIpc) is 3.39. The molecule has 1 saturated carbocycles. The van der Waals surface area contributed by atoms with E-state index >= 15 is 0 Å². The van der Waals surface area contributed by atoms with Crippen molar-refractivity contribution in [2.24, 2.45) is 0 Å². The number of amides is 1. The van der Waals surface area contributed by atoms with Gasteiger partial charge in [0.15, 0.2) is 22.6 Å². The topological polar surface area (TPSA) is 59.8 Å². The van der Waals surface area contributed by atoms with Crippen molar-refractivity contribution in [2.45, 2.75) is 42.6 Å². The largest absolute Gasteiger partial charge is 0.323 e. The summed E-state index contributed by atoms with van der Waals surface area (Å²) in [5.74, 6) is -3.66. The fourth-order valence-electron chi connectivity index (χ4n) is 2.40. The molecule has 9 heteroatoms. The maximum absolute atomic E-state index is 13.7. The van der Waals surface area contributed by atoms with Crippen LogP contribution in [-0.4, -0.2) is 25.9 Å². The number of aromatic nitrogens is 3. The lowest BCUT2D eigenvalue weighted by molar-refractivity contribution is -0.115. The Balaban J connectivity index is 1.72. The van der Waals surface area contributed by atoms with E-state index in [1.807, 2.05) is 4.57 Å². The molecule has 1 fully saturated rings. The summed E-state index contributed by atoms with van der Waals surface area (Å²) in [6.07, 6.45) is 3.84. The first kappa shape index (κ1) is 18.5. The van der Waals surface area contributed by atoms with E-state index < -0.39 is 34.3 Å². The SMILES string of the molecule is C=CCn1c(S[C@H](C)C(=O)Nc2ccc(F)c(F)c2F)nnc1C1CC1. The molecule has 3 rings (SSSR count). The fraction of sp³-hybridized carbons (Fsp3) is 0.353. The van der Waals surface area contributed by atoms with Crippen molar-refractivity contribution in [3.63, 3.8) is 0 Å². The molecule has 0 bridgehead atoms. The van der Waals surface area contributed by atoms with Crippen molar-refractivity contribution in [1.82, 2.24) is 14.8 Å². The van der Waals surface area contributed by atoms with Crippen molar-refractivity contribution >= 4 is 23.4 Å². The van der Waals surface area contributed by atoms with Gasteiger partial charge >= 0.3 is 0 Å². The Kier molecular flexibility index (Phi) is 5.36. The lowest BCUT2D eigenvalue weighted by atomic mass is 10.2. The number of thioether (sulfide) groups is 1. The molecule has 1 aliphatic rings. The first-order valence-electron chi connectivity index (χ1n) is 8.07. The minimum absolute atomic E-state index is 0.386. The third-order valence-corrected chi connectivity index (χ3v) is 5.02. The van der Waals surface area contributed by atoms with Crippen molar-refractivity contribution in [3.8, 4) is 0 Å². The Morgan fingerprint density at radius 2 is 2.12 bits per heavy atom. The smallest absolute Gasteiger partial charge is 0.237 e. The van der Waals surface area contributed by atoms with E-state index in [1.165, 1.54) is 0 Å². The number of carbonyl (C=O) groups excluding carboxylic acids is 1. The number of hydrogen-bond acceptors (Lipinski definition) is 4. The van der Waals surface area contributed by atoms with Crippen LogP contribution in [0.2, 0.25) is 0 Å². The highest BCUT2D eigenvalue weighted by atomic mass is 32.2. The molecule has 1 N–H and O–H groups in total. The van der Waals surface area contributed by atoms with E-state index in [-0.39, 0.29) is 0 Å². The Hall–Kier alpha value is -2.29. The van der Waals surface area contributed by atoms with Gasteiger partial charge in [-0.2, -0.15) is 0 Å². The van der Waals surface area contributed by atoms with Gasteiger partial charge in [-0.1, -0.05) is 17.8 Å². The summed E-state index contributed by atoms with van der Waals surface area (Å²) in [5.41, 5.74) is -0.410. The number of nitrogens with one attached hydrogen (secondary N) is 1. The number of nitrogens with zero attached hydrogens (tertiary/aromatic N) is 3. The van der Waals surface area contributed by atoms with Crippen molar-refractivity contribution in [3.05, 3.63) is 48.1 Å². The Morgan fingerprint density at radius 3 is 2.77 bits per heavy atom. The average molecular weight is 382 g/mol. The number of hydrogen-bond donors (Lipinski definition) is 1. The van der Waals surface area contributed by atoms with E-state index in [1.54, 1.807) is 13.0 Å². The molecular formula is C17H17F3N4OS. The summed E-state index contributed by atoms with van der Waals surface area (Å²) in [6, 6.07) is 1.74. The zero-order valence-corrected chi connectivity index (χ0v) is 14.8. The lowest BCUT2D eigenvalue weighted by Crippen LogP contribution is -2.24. The summed E-state index contributed by atoms with van der Waals surface area (Å²) < 4.78 is 41.9. The standard InChI is InChI=1S/C17H17F3N4OS/c1-3-8-24-15(10-4-5-10)22-23-17(24)26-9(2)16(25)21-12-7-6-11(18)13(19)14(12)20/h3,6-7,9-10H,1,4-5,8H2,2H3,(H,21,25)/t9-/m1/s1. The maximum atomic E-state index is 13.7. The highest BCUT2D eigenvalue weighted by Crippen LogP contribution is 2.40. The summed E-state index contributed by atoms with van der Waals surface area (Å²) in [5, 5.41) is 10.5. The van der Waals surface area contributed by atoms with Crippen molar-refractivity contribution in [2.75, 3.05) is 5.32 Å². The van der Waals surface area contributed by atoms with Gasteiger partial charge in [0.2, 0.25) is 5.91 Å². The quantitative estimate of drug-likeness (QED) is 0.449. The molecule has 2 aromatic rings. The molecule has 26 heavy (non-hydrogen) atoms. The Bertz CT molecular complexity index is 851. The van der Waals surface area contributed by atoms with Gasteiger partial charge in [0.05, 0.1) is 10.9 Å². The molecule has 1 aliphatic carbocycles. The van der Waals surface area contributed by atoms with E-state index in [9.17, 15) is 18.0 Å². The molecular weight excluding hydrogens is 365 g/mol. The second kappa shape index (κ2) is 7.53. The molecule has 1 heterocycles. The highest BCUT2D eigenvalue weighted by molar-refractivity contribution is 8.00. The van der Waals surface area contributed by atoms with Gasteiger partial charge in [0.1, 0.15) is 5.82 Å². The molecule has 0 aliphatic heterocycles. The lowest BCUT2D eigenvalue weighted by Gasteiger charge is -2.13. The van der Waals surface area contributed by atoms with Crippen LogP contribution in [0.25, 0.3) is 0 Å². The normalized spacial score (nSPS) is 14.9. The predicted octanol–water partition coefficient (Wildman–Crippen LogP) is 3.88. The van der Waals surface area contributed by atoms with E-state index in [4.69, 9.17) is 0 Å². The molecule has 0 saturated heterocycles. The summed E-state index contributed by atoms with van der Waals surface area (Å²) in [6.45, 7) is 5.85. The molecule has 0 unspecified atom stereocenters. The van der Waals surface area contributed by atoms with Gasteiger partial charge in [0, 0.05) is 12.5 Å². The monoisotopic (exact) mass is 382 g/mol. The zero-order valence-electron chi connectivity index (χ0n) is 14.0. The van der Waals surface area contributed by atoms with Crippen molar-refractivity contribution < 1.29 is 18.0 Å². The predicted molar refractivity (Wildman–Crippen MR) is 92.5 cm³/mol. The molecule has 1 amide bonds. The van der Waals surface area contributed by atoms with Crippen LogP contribution >= 0.6 is 11.8 Å². The number of rotatable bonds is 7. The molecule has 138 valence electrons.